The number of hydrazine groups is 1. The van der Waals surface area contributed by atoms with E-state index in [1.165, 1.54) is 18.5 Å². The maximum Gasteiger partial charge on any atom is 0.0493 e. The lowest BCUT2D eigenvalue weighted by Crippen LogP contribution is -2.40. The summed E-state index contributed by atoms with van der Waals surface area (Å²) in [5.41, 5.74) is 14.3. The Kier molecular flexibility index (Phi) is 4.03. The maximum absolute atomic E-state index is 5.87. The third-order valence-electron chi connectivity index (χ3n) is 4.68. The van der Waals surface area contributed by atoms with Gasteiger partial charge >= 0.3 is 0 Å². The molecular weight excluding hydrogens is 250 g/mol. The molecule has 3 unspecified atom stereocenters. The Morgan fingerprint density at radius 1 is 1.50 bits per heavy atom. The predicted octanol–water partition coefficient (Wildman–Crippen LogP) is 0.660. The van der Waals surface area contributed by atoms with E-state index in [4.69, 9.17) is 5.73 Å². The van der Waals surface area contributed by atoms with Gasteiger partial charge in [-0.1, -0.05) is 13.0 Å². The van der Waals surface area contributed by atoms with E-state index >= 15 is 0 Å². The van der Waals surface area contributed by atoms with Gasteiger partial charge in [-0.15, -0.1) is 0 Å². The van der Waals surface area contributed by atoms with Crippen LogP contribution in [0, 0.1) is 5.41 Å². The minimum atomic E-state index is 0.314. The molecule has 5 nitrogen and oxygen atoms in total. The SMILES string of the molecule is CC1(CN)CCN(CC2CC(c3cccnc3)NN2)C1. The van der Waals surface area contributed by atoms with Crippen LogP contribution in [0.4, 0.5) is 0 Å². The van der Waals surface area contributed by atoms with Gasteiger partial charge in [-0.05, 0) is 43.0 Å². The number of nitrogens with zero attached hydrogens (tertiary/aromatic N) is 2. The number of pyridine rings is 1. The molecule has 0 radical (unpaired) electrons. The van der Waals surface area contributed by atoms with Gasteiger partial charge in [0.2, 0.25) is 0 Å². The molecule has 5 heteroatoms. The van der Waals surface area contributed by atoms with Crippen molar-refractivity contribution in [2.75, 3.05) is 26.2 Å². The fraction of sp³-hybridized carbons (Fsp3) is 0.667. The topological polar surface area (TPSA) is 66.2 Å². The molecule has 0 aliphatic carbocycles. The Morgan fingerprint density at radius 2 is 2.40 bits per heavy atom. The van der Waals surface area contributed by atoms with Crippen LogP contribution >= 0.6 is 0 Å². The number of rotatable bonds is 4. The lowest BCUT2D eigenvalue weighted by molar-refractivity contribution is 0.258. The zero-order valence-electron chi connectivity index (χ0n) is 12.2. The minimum Gasteiger partial charge on any atom is -0.330 e. The van der Waals surface area contributed by atoms with Crippen molar-refractivity contribution in [1.82, 2.24) is 20.7 Å². The summed E-state index contributed by atoms with van der Waals surface area (Å²) in [6.45, 7) is 6.48. The number of nitrogens with two attached hydrogens (primary N) is 1. The quantitative estimate of drug-likeness (QED) is 0.753. The number of hydrogen-bond donors (Lipinski definition) is 3. The van der Waals surface area contributed by atoms with Crippen LogP contribution in [0.25, 0.3) is 0 Å². The van der Waals surface area contributed by atoms with Gasteiger partial charge in [0.15, 0.2) is 0 Å². The summed E-state index contributed by atoms with van der Waals surface area (Å²) in [4.78, 5) is 6.74. The molecule has 0 spiro atoms. The second-order valence-corrected chi connectivity index (χ2v) is 6.56. The van der Waals surface area contributed by atoms with E-state index in [0.29, 0.717) is 17.5 Å². The molecule has 3 heterocycles. The summed E-state index contributed by atoms with van der Waals surface area (Å²) in [5.74, 6) is 0. The number of hydrogen-bond acceptors (Lipinski definition) is 5. The summed E-state index contributed by atoms with van der Waals surface area (Å²) >= 11 is 0. The lowest BCUT2D eigenvalue weighted by atomic mass is 9.90. The molecular formula is C15H25N5. The van der Waals surface area contributed by atoms with Crippen LogP contribution in [0.15, 0.2) is 24.5 Å². The van der Waals surface area contributed by atoms with Crippen LogP contribution in [-0.4, -0.2) is 42.1 Å². The average molecular weight is 275 g/mol. The number of aromatic nitrogens is 1. The summed E-state index contributed by atoms with van der Waals surface area (Å²) in [5, 5.41) is 0. The van der Waals surface area contributed by atoms with Crippen LogP contribution in [-0.2, 0) is 0 Å². The van der Waals surface area contributed by atoms with Gasteiger partial charge < -0.3 is 10.6 Å². The van der Waals surface area contributed by atoms with Crippen molar-refractivity contribution in [3.8, 4) is 0 Å². The lowest BCUT2D eigenvalue weighted by Gasteiger charge is -2.24. The molecule has 2 saturated heterocycles. The van der Waals surface area contributed by atoms with Crippen LogP contribution in [0.1, 0.15) is 31.4 Å². The molecule has 2 fully saturated rings. The van der Waals surface area contributed by atoms with Crippen molar-refractivity contribution in [2.45, 2.75) is 31.8 Å². The van der Waals surface area contributed by atoms with Crippen molar-refractivity contribution in [3.05, 3.63) is 30.1 Å². The fourth-order valence-corrected chi connectivity index (χ4v) is 3.30. The summed E-state index contributed by atoms with van der Waals surface area (Å²) in [7, 11) is 0. The van der Waals surface area contributed by atoms with E-state index in [9.17, 15) is 0 Å². The maximum atomic E-state index is 5.87. The monoisotopic (exact) mass is 275 g/mol. The number of nitrogens with one attached hydrogen (secondary N) is 2. The highest BCUT2D eigenvalue weighted by Gasteiger charge is 2.34. The first-order chi connectivity index (χ1) is 9.68. The van der Waals surface area contributed by atoms with Crippen molar-refractivity contribution in [2.24, 2.45) is 11.1 Å². The van der Waals surface area contributed by atoms with E-state index in [2.05, 4.69) is 33.7 Å². The van der Waals surface area contributed by atoms with Crippen LogP contribution in [0.3, 0.4) is 0 Å². The minimum absolute atomic E-state index is 0.314. The van der Waals surface area contributed by atoms with Crippen LogP contribution < -0.4 is 16.6 Å². The molecule has 4 N–H and O–H groups in total. The van der Waals surface area contributed by atoms with Crippen LogP contribution in [0.5, 0.6) is 0 Å². The third kappa shape index (κ3) is 3.01. The second-order valence-electron chi connectivity index (χ2n) is 6.56. The van der Waals surface area contributed by atoms with E-state index in [-0.39, 0.29) is 0 Å². The Morgan fingerprint density at radius 3 is 3.10 bits per heavy atom. The van der Waals surface area contributed by atoms with Gasteiger partial charge in [0.1, 0.15) is 0 Å². The average Bonchev–Trinajstić information content (AvgIpc) is 3.08. The van der Waals surface area contributed by atoms with Gasteiger partial charge in [0, 0.05) is 37.6 Å². The zero-order chi connectivity index (χ0) is 14.0. The molecule has 110 valence electrons. The first-order valence-corrected chi connectivity index (χ1v) is 7.52. The molecule has 0 amide bonds. The molecule has 20 heavy (non-hydrogen) atoms. The highest BCUT2D eigenvalue weighted by Crippen LogP contribution is 2.29. The molecule has 0 bridgehead atoms. The van der Waals surface area contributed by atoms with Crippen molar-refractivity contribution < 1.29 is 0 Å². The van der Waals surface area contributed by atoms with Crippen molar-refractivity contribution in [1.29, 1.82) is 0 Å². The molecule has 3 rings (SSSR count). The van der Waals surface area contributed by atoms with Gasteiger partial charge in [-0.3, -0.25) is 10.4 Å². The summed E-state index contributed by atoms with van der Waals surface area (Å²) in [6, 6.07) is 5.01. The highest BCUT2D eigenvalue weighted by molar-refractivity contribution is 5.15. The second kappa shape index (κ2) is 5.77. The van der Waals surface area contributed by atoms with Crippen molar-refractivity contribution >= 4 is 0 Å². The van der Waals surface area contributed by atoms with Crippen LogP contribution in [0.2, 0.25) is 0 Å². The van der Waals surface area contributed by atoms with E-state index in [0.717, 1.165) is 26.1 Å². The molecule has 3 atom stereocenters. The zero-order valence-corrected chi connectivity index (χ0v) is 12.2. The van der Waals surface area contributed by atoms with Gasteiger partial charge in [-0.2, -0.15) is 0 Å². The summed E-state index contributed by atoms with van der Waals surface area (Å²) in [6.07, 6.45) is 6.10. The standard InChI is InChI=1S/C15H25N5/c1-15(10-16)4-6-20(11-15)9-13-7-14(19-18-13)12-3-2-5-17-8-12/h2-3,5,8,13-14,18-19H,4,6-7,9-11,16H2,1H3. The van der Waals surface area contributed by atoms with Crippen molar-refractivity contribution in [3.63, 3.8) is 0 Å². The smallest absolute Gasteiger partial charge is 0.0493 e. The normalized spacial score (nSPS) is 34.7. The largest absolute Gasteiger partial charge is 0.330 e. The Balaban J connectivity index is 1.52. The van der Waals surface area contributed by atoms with E-state index < -0.39 is 0 Å². The Labute approximate surface area is 120 Å². The fourth-order valence-electron chi connectivity index (χ4n) is 3.30. The molecule has 0 saturated carbocycles. The van der Waals surface area contributed by atoms with Gasteiger partial charge in [-0.25, -0.2) is 5.43 Å². The summed E-state index contributed by atoms with van der Waals surface area (Å²) < 4.78 is 0. The first kappa shape index (κ1) is 13.9. The van der Waals surface area contributed by atoms with E-state index in [1.807, 2.05) is 18.5 Å². The molecule has 2 aliphatic rings. The third-order valence-corrected chi connectivity index (χ3v) is 4.68. The Bertz CT molecular complexity index is 437. The van der Waals surface area contributed by atoms with E-state index in [1.54, 1.807) is 0 Å². The molecule has 0 aromatic carbocycles. The first-order valence-electron chi connectivity index (χ1n) is 7.52. The number of likely N-dealkylation sites (tertiary alicyclic amines) is 1. The van der Waals surface area contributed by atoms with Gasteiger partial charge in [0.25, 0.3) is 0 Å². The predicted molar refractivity (Wildman–Crippen MR) is 79.9 cm³/mol. The molecule has 1 aromatic rings. The molecule has 1 aromatic heterocycles. The Hall–Kier alpha value is -1.01. The molecule has 2 aliphatic heterocycles. The highest BCUT2D eigenvalue weighted by atomic mass is 15.4. The van der Waals surface area contributed by atoms with Gasteiger partial charge in [0.05, 0.1) is 0 Å².